The molecule has 12 aromatic rings. The minimum absolute atomic E-state index is 0. The third kappa shape index (κ3) is 30.3. The van der Waals surface area contributed by atoms with Crippen molar-refractivity contribution in [3.63, 3.8) is 0 Å². The van der Waals surface area contributed by atoms with Crippen LogP contribution in [0.1, 0.15) is 162 Å². The number of nitrogens with two attached hydrogens (primary N) is 2. The first kappa shape index (κ1) is 112. The predicted octanol–water partition coefficient (Wildman–Crippen LogP) is 18.0. The molecule has 6 fully saturated rings. The lowest BCUT2D eigenvalue weighted by atomic mass is 10.1. The van der Waals surface area contributed by atoms with E-state index in [1.54, 1.807) is 166 Å². The number of amides is 3. The number of carbonyl (C=O) groups excluding carboxylic acids is 7. The number of hydrogen-bond acceptors (Lipinski definition) is 31. The molecule has 39 nitrogen and oxygen atoms in total. The fraction of sp³-hybridized carbons (Fsp3) is 0.375. The lowest BCUT2D eigenvalue weighted by Crippen LogP contribution is -2.27. The minimum Gasteiger partial charge on any atom is -0.494 e. The largest absolute Gasteiger partial charge is 0.494 e. The topological polar surface area (TPSA) is 511 Å². The maximum atomic E-state index is 13.3. The Balaban J connectivity index is 0.000000217. The predicted molar refractivity (Wildman–Crippen MR) is 544 cm³/mol. The van der Waals surface area contributed by atoms with Crippen LogP contribution in [0.15, 0.2) is 147 Å². The summed E-state index contributed by atoms with van der Waals surface area (Å²) >= 11 is 6.07. The summed E-state index contributed by atoms with van der Waals surface area (Å²) in [6, 6.07) is 28.8. The molecule has 752 valence electrons. The van der Waals surface area contributed by atoms with Crippen LogP contribution in [0.4, 0.5) is 81.3 Å². The van der Waals surface area contributed by atoms with Crippen molar-refractivity contribution in [3.05, 3.63) is 175 Å². The number of nitrogen functional groups attached to an aromatic ring is 1. The number of methoxy groups -OCH3 is 4. The number of ether oxygens (including phenoxy) is 6. The molecule has 18 rings (SSSR count). The molecule has 6 aliphatic rings. The molecule has 4 aromatic carbocycles. The Hall–Kier alpha value is -14.5. The van der Waals surface area contributed by atoms with Crippen LogP contribution in [0.2, 0.25) is 5.15 Å². The Morgan fingerprint density at radius 1 is 0.418 bits per heavy atom. The molecule has 0 aliphatic heterocycles. The summed E-state index contributed by atoms with van der Waals surface area (Å²) in [5, 5.41) is 44.1. The van der Waals surface area contributed by atoms with Gasteiger partial charge in [-0.3, -0.25) is 52.8 Å². The lowest BCUT2D eigenvalue weighted by Gasteiger charge is -2.20. The number of aliphatic carboxylic acids is 1. The van der Waals surface area contributed by atoms with Gasteiger partial charge in [-0.1, -0.05) is 50.7 Å². The van der Waals surface area contributed by atoms with Crippen LogP contribution in [0.25, 0.3) is 45.6 Å². The highest BCUT2D eigenvalue weighted by Gasteiger charge is 2.45. The fourth-order valence-corrected chi connectivity index (χ4v) is 13.9. The van der Waals surface area contributed by atoms with Crippen LogP contribution in [0.5, 0.6) is 23.0 Å². The number of alkyl halides is 2. The van der Waals surface area contributed by atoms with Crippen molar-refractivity contribution in [2.45, 2.75) is 144 Å². The van der Waals surface area contributed by atoms with E-state index < -0.39 is 59.4 Å². The van der Waals surface area contributed by atoms with Crippen molar-refractivity contribution in [2.24, 2.45) is 69.4 Å². The fourth-order valence-electron chi connectivity index (χ4n) is 13.8. The highest BCUT2D eigenvalue weighted by atomic mass is 35.5. The summed E-state index contributed by atoms with van der Waals surface area (Å²) in [5.41, 5.74) is 19.1. The van der Waals surface area contributed by atoms with Gasteiger partial charge < -0.3 is 71.6 Å². The number of halogens is 4. The highest BCUT2D eigenvalue weighted by Crippen LogP contribution is 2.47. The first-order valence-electron chi connectivity index (χ1n) is 43.4. The van der Waals surface area contributed by atoms with Gasteiger partial charge in [0.2, 0.25) is 5.91 Å². The number of primary amides is 1. The third-order valence-electron chi connectivity index (χ3n) is 21.1. The number of Topliss-reactive ketones (excluding diaryl/α,β-unsaturated/α-hetero) is 4. The highest BCUT2D eigenvalue weighted by molar-refractivity contribution is 7.59. The van der Waals surface area contributed by atoms with E-state index in [2.05, 4.69) is 96.9 Å². The molecular weight excluding hydrogens is 1900 g/mol. The number of rotatable bonds is 28. The maximum absolute atomic E-state index is 13.3. The number of carbonyl (C=O) groups is 8. The van der Waals surface area contributed by atoms with E-state index >= 15 is 0 Å². The van der Waals surface area contributed by atoms with Gasteiger partial charge in [-0.2, -0.15) is 47.4 Å². The zero-order chi connectivity index (χ0) is 97.7. The van der Waals surface area contributed by atoms with Crippen molar-refractivity contribution in [1.82, 2.24) is 79.0 Å². The molecule has 3 amide bonds. The third-order valence-corrected chi connectivity index (χ3v) is 21.3. The summed E-state index contributed by atoms with van der Waals surface area (Å²) in [6.07, 6.45) is 16.5. The molecule has 45 heteroatoms. The molecule has 11 N–H and O–H groups in total. The van der Waals surface area contributed by atoms with E-state index in [0.717, 1.165) is 62.5 Å². The van der Waals surface area contributed by atoms with Crippen LogP contribution in [0.3, 0.4) is 0 Å². The van der Waals surface area contributed by atoms with E-state index in [0.29, 0.717) is 136 Å². The number of nitrogens with one attached hydrogen (secondary N) is 6. The average Bonchev–Trinajstić information content (AvgIpc) is 1.74. The number of carboxylic acid groups (broad SMARTS) is 1. The van der Waals surface area contributed by atoms with E-state index in [1.807, 2.05) is 72.8 Å². The van der Waals surface area contributed by atoms with Gasteiger partial charge in [-0.25, -0.2) is 58.2 Å². The van der Waals surface area contributed by atoms with Crippen molar-refractivity contribution in [2.75, 3.05) is 66.1 Å². The minimum atomic E-state index is -1.11. The molecule has 6 saturated carbocycles. The van der Waals surface area contributed by atoms with Crippen LogP contribution in [-0.4, -0.2) is 183 Å². The molecular formula is C96H118Cl2F2N24O15S2. The van der Waals surface area contributed by atoms with Gasteiger partial charge in [-0.15, -0.1) is 12.4 Å². The number of aryl methyl sites for hydroxylation is 4. The van der Waals surface area contributed by atoms with Crippen molar-refractivity contribution < 1.29 is 80.7 Å². The van der Waals surface area contributed by atoms with Crippen LogP contribution >= 0.6 is 51.0 Å². The Morgan fingerprint density at radius 2 is 0.702 bits per heavy atom. The molecule has 0 saturated heterocycles. The number of benzene rings is 4. The van der Waals surface area contributed by atoms with Gasteiger partial charge in [0.25, 0.3) is 0 Å². The van der Waals surface area contributed by atoms with Gasteiger partial charge in [0, 0.05) is 94.8 Å². The first-order valence-corrected chi connectivity index (χ1v) is 43.8. The van der Waals surface area contributed by atoms with E-state index in [-0.39, 0.29) is 126 Å². The van der Waals surface area contributed by atoms with Crippen LogP contribution < -0.4 is 62.3 Å². The second-order valence-corrected chi connectivity index (χ2v) is 35.1. The Bertz CT molecular complexity index is 6290. The van der Waals surface area contributed by atoms with Gasteiger partial charge in [-0.05, 0) is 160 Å². The molecule has 0 unspecified atom stereocenters. The number of nitrogens with zero attached hydrogens (tertiary/aromatic N) is 16. The summed E-state index contributed by atoms with van der Waals surface area (Å²) in [7, 11) is 13.5. The van der Waals surface area contributed by atoms with Crippen molar-refractivity contribution in [3.8, 4) is 68.5 Å². The number of aromatic nitrogens is 16. The van der Waals surface area contributed by atoms with Crippen molar-refractivity contribution >= 4 is 161 Å². The second-order valence-electron chi connectivity index (χ2n) is 34.7. The molecule has 4 atom stereocenters. The zero-order valence-corrected chi connectivity index (χ0v) is 82.1. The Labute approximate surface area is 838 Å². The van der Waals surface area contributed by atoms with E-state index in [1.165, 1.54) is 24.8 Å². The smallest absolute Gasteiger partial charge is 0.413 e. The molecule has 0 bridgehead atoms. The van der Waals surface area contributed by atoms with Gasteiger partial charge in [0.15, 0.2) is 69.4 Å². The number of ketones is 4. The van der Waals surface area contributed by atoms with E-state index in [9.17, 15) is 47.1 Å². The Kier molecular flexibility index (Phi) is 38.8. The quantitative estimate of drug-likeness (QED) is 0.0162. The van der Waals surface area contributed by atoms with Gasteiger partial charge in [0.05, 0.1) is 130 Å². The van der Waals surface area contributed by atoms with Crippen LogP contribution in [0, 0.1) is 35.5 Å². The van der Waals surface area contributed by atoms with E-state index in [4.69, 9.17) is 51.9 Å². The Morgan fingerprint density at radius 3 is 0.950 bits per heavy atom. The first-order chi connectivity index (χ1) is 64.8. The standard InChI is InChI=1S/C24H28N6O4.C23H23FN6O3.C19H18ClN5O2.C19H20N6O2.C5H11NO2.C4H5FO2.2CH4.ClH.2H2S/c1-24(2,3)34-23(32)28-19-11-18(16(12-25-19)20(31)14-9-10-14)27-17-8-6-7-15(21(17)33-5)22-26-13-30(4)29-22;1-30-11-26-22(29-30)13-4-3-5-17(21(13)33-2)27-18-9-19(28-23(32)14-8-16(14)24)25-10-15(18)20(31)12-6-7-12;2*1-25-10-22-19(24-25)12-4-3-5-14(18(12)27-2)23-15-8-16(20)21-9-13(15)17(26)11-6-7-11;1-5(2,3)8-4(6)7;5-3-1-2(3)4(6)7;;;;;/h6-8,11-14H,9-10H2,1-5H3,(H2,25,27,28,32);3-5,9-12,14,16H,6-8H2,1-2H3,(H2,25,27,28,32);3-5,8-11H,6-7H2,1-2H3,(H,21,23);3-5,8-11H,6-7H2,1-2H3,(H3,20,21,23);1-3H3,(H2,6,7);2-3H,1H2,(H,6,7);2*1H4;1H;2*1H2/t;14-,16+;;;;2-,3+;;;;;/m.1...1...../s1. The lowest BCUT2D eigenvalue weighted by molar-refractivity contribution is -0.139. The van der Waals surface area contributed by atoms with Crippen LogP contribution in [-0.2, 0) is 47.3 Å². The summed E-state index contributed by atoms with van der Waals surface area (Å²) in [4.78, 5) is 129. The zero-order valence-electron chi connectivity index (χ0n) is 78.6. The molecule has 6 aliphatic carbocycles. The maximum Gasteiger partial charge on any atom is 0.413 e. The second kappa shape index (κ2) is 48.9. The monoisotopic (exact) mass is 2020 g/mol. The number of hydrogen-bond donors (Lipinski definition) is 9. The number of para-hydroxylation sites is 4. The molecule has 141 heavy (non-hydrogen) atoms. The molecule has 0 radical (unpaired) electrons. The van der Waals surface area contributed by atoms with Gasteiger partial charge >= 0.3 is 18.2 Å². The molecule has 8 heterocycles. The number of pyridine rings is 4. The van der Waals surface area contributed by atoms with Crippen molar-refractivity contribution in [1.29, 1.82) is 0 Å². The summed E-state index contributed by atoms with van der Waals surface area (Å²) in [6.45, 7) is 10.6. The molecule has 0 spiro atoms. The SMILES string of the molecule is C.C.CC(C)(C)OC(N)=O.COc1c(Nc2cc(Cl)ncc2C(=O)C2CC2)cccc1-c1ncn(C)n1.COc1c(Nc2cc(N)ncc2C(=O)C2CC2)cccc1-c1ncn(C)n1.COc1c(Nc2cc(NC(=O)OC(C)(C)C)ncc2C(=O)C2CC2)cccc1-c1ncn(C)n1.COc1c(Nc2cc(NC(=O)[C@@H]3C[C@@H]3F)ncc2C(=O)C2CC2)cccc1-c1ncn(C)n1.Cl.O=C(O)[C@@H]1C[C@@H]1F.S.S. The number of anilines is 11. The summed E-state index contributed by atoms with van der Waals surface area (Å²) in [5.74, 6) is 2.77. The number of carboxylic acids is 1. The van der Waals surface area contributed by atoms with Gasteiger partial charge in [0.1, 0.15) is 71.5 Å². The summed E-state index contributed by atoms with van der Waals surface area (Å²) < 4.78 is 63.8. The normalized spacial score (nSPS) is 15.3. The average molecular weight is 2020 g/mol. The molecule has 8 aromatic heterocycles.